The molecule has 1 amide bonds. The zero-order valence-corrected chi connectivity index (χ0v) is 16.7. The van der Waals surface area contributed by atoms with Crippen LogP contribution in [0.1, 0.15) is 36.8 Å². The van der Waals surface area contributed by atoms with Crippen LogP contribution < -0.4 is 10.6 Å². The largest absolute Gasteiger partial charge is 0.388 e. The molecule has 1 atom stereocenters. The molecule has 26 heavy (non-hydrogen) atoms. The second-order valence-corrected chi connectivity index (χ2v) is 7.60. The minimum Gasteiger partial charge on any atom is -0.388 e. The lowest BCUT2D eigenvalue weighted by Gasteiger charge is -2.24. The summed E-state index contributed by atoms with van der Waals surface area (Å²) in [6.45, 7) is 0. The van der Waals surface area contributed by atoms with Gasteiger partial charge in [-0.3, -0.25) is 4.79 Å². The zero-order chi connectivity index (χ0) is 18.4. The highest BCUT2D eigenvalue weighted by atomic mass is 79.9. The third kappa shape index (κ3) is 4.98. The average Bonchev–Trinajstić information content (AvgIpc) is 2.67. The van der Waals surface area contributed by atoms with Gasteiger partial charge in [-0.05, 0) is 55.0 Å². The lowest BCUT2D eigenvalue weighted by Crippen LogP contribution is -2.34. The van der Waals surface area contributed by atoms with E-state index < -0.39 is 0 Å². The predicted octanol–water partition coefficient (Wildman–Crippen LogP) is 5.18. The van der Waals surface area contributed by atoms with Gasteiger partial charge >= 0.3 is 0 Å². The van der Waals surface area contributed by atoms with Crippen molar-refractivity contribution in [1.29, 1.82) is 0 Å². The van der Waals surface area contributed by atoms with Crippen LogP contribution >= 0.6 is 15.9 Å². The van der Waals surface area contributed by atoms with Crippen molar-refractivity contribution in [3.05, 3.63) is 70.2 Å². The van der Waals surface area contributed by atoms with E-state index in [1.807, 2.05) is 31.3 Å². The van der Waals surface area contributed by atoms with Gasteiger partial charge in [-0.1, -0.05) is 52.3 Å². The minimum atomic E-state index is 0.116. The van der Waals surface area contributed by atoms with Crippen LogP contribution in [0.15, 0.2) is 59.1 Å². The van der Waals surface area contributed by atoms with Gasteiger partial charge in [-0.25, -0.2) is 0 Å². The van der Waals surface area contributed by atoms with E-state index in [0.717, 1.165) is 35.8 Å². The summed E-state index contributed by atoms with van der Waals surface area (Å²) in [5.41, 5.74) is 4.84. The molecule has 0 heterocycles. The van der Waals surface area contributed by atoms with E-state index in [1.165, 1.54) is 16.7 Å². The second kappa shape index (κ2) is 9.04. The Labute approximate surface area is 164 Å². The van der Waals surface area contributed by atoms with Gasteiger partial charge in [0.1, 0.15) is 0 Å². The fourth-order valence-corrected chi connectivity index (χ4v) is 3.80. The molecule has 0 radical (unpaired) electrons. The molecular weight excluding hydrogens is 388 g/mol. The summed E-state index contributed by atoms with van der Waals surface area (Å²) in [4.78, 5) is 12.3. The molecule has 0 aromatic heterocycles. The van der Waals surface area contributed by atoms with Crippen molar-refractivity contribution in [2.24, 2.45) is 0 Å². The lowest BCUT2D eigenvalue weighted by atomic mass is 9.90. The highest BCUT2D eigenvalue weighted by Crippen LogP contribution is 2.33. The topological polar surface area (TPSA) is 41.1 Å². The third-order valence-electron chi connectivity index (χ3n) is 4.79. The van der Waals surface area contributed by atoms with Crippen molar-refractivity contribution in [1.82, 2.24) is 5.32 Å². The number of nitrogens with one attached hydrogen (secondary N) is 2. The first-order valence-electron chi connectivity index (χ1n) is 9.17. The molecule has 2 N–H and O–H groups in total. The van der Waals surface area contributed by atoms with Crippen LogP contribution in [-0.4, -0.2) is 19.0 Å². The Morgan fingerprint density at radius 3 is 2.77 bits per heavy atom. The predicted molar refractivity (Wildman–Crippen MR) is 112 cm³/mol. The monoisotopic (exact) mass is 412 g/mol. The quantitative estimate of drug-likeness (QED) is 0.686. The molecule has 1 unspecified atom stereocenters. The lowest BCUT2D eigenvalue weighted by molar-refractivity contribution is -0.121. The van der Waals surface area contributed by atoms with E-state index in [9.17, 15) is 4.79 Å². The molecule has 0 aliphatic heterocycles. The second-order valence-electron chi connectivity index (χ2n) is 6.68. The number of hydrogen-bond donors (Lipinski definition) is 2. The van der Waals surface area contributed by atoms with Gasteiger partial charge in [0, 0.05) is 35.2 Å². The number of amides is 1. The van der Waals surface area contributed by atoms with E-state index >= 15 is 0 Å². The number of rotatable bonds is 6. The Balaban J connectivity index is 1.65. The Kier molecular flexibility index (Phi) is 6.51. The molecule has 1 aliphatic carbocycles. The summed E-state index contributed by atoms with van der Waals surface area (Å²) in [5, 5.41) is 6.46. The van der Waals surface area contributed by atoms with Crippen molar-refractivity contribution < 1.29 is 4.79 Å². The average molecular weight is 413 g/mol. The maximum atomic E-state index is 12.3. The summed E-state index contributed by atoms with van der Waals surface area (Å²) < 4.78 is 1.07. The molecular formula is C22H25BrN2O. The van der Waals surface area contributed by atoms with Gasteiger partial charge in [-0.15, -0.1) is 0 Å². The first-order valence-corrected chi connectivity index (χ1v) is 9.96. The van der Waals surface area contributed by atoms with Crippen LogP contribution in [0.3, 0.4) is 0 Å². The standard InChI is InChI=1S/C22H25BrN2O/c1-24-21-12-11-18(23)15-20(21)17-8-5-9-19(14-17)25-22(26)13-10-16-6-3-2-4-7-16/h2-4,6-7,11-12,14-15,19,24H,5,8-10,13H2,1H3,(H,25,26). The zero-order valence-electron chi connectivity index (χ0n) is 15.1. The fourth-order valence-electron chi connectivity index (χ4n) is 3.44. The number of allylic oxidation sites excluding steroid dienone is 1. The van der Waals surface area contributed by atoms with Crippen LogP contribution in [0.5, 0.6) is 0 Å². The third-order valence-corrected chi connectivity index (χ3v) is 5.28. The van der Waals surface area contributed by atoms with Gasteiger partial charge < -0.3 is 10.6 Å². The van der Waals surface area contributed by atoms with Crippen LogP contribution in [-0.2, 0) is 11.2 Å². The van der Waals surface area contributed by atoms with E-state index in [4.69, 9.17) is 0 Å². The molecule has 136 valence electrons. The number of aryl methyl sites for hydroxylation is 1. The highest BCUT2D eigenvalue weighted by molar-refractivity contribution is 9.10. The van der Waals surface area contributed by atoms with Gasteiger partial charge in [0.15, 0.2) is 0 Å². The molecule has 4 heteroatoms. The SMILES string of the molecule is CNc1ccc(Br)cc1C1=CC(NC(=O)CCc2ccccc2)CCC1. The van der Waals surface area contributed by atoms with Crippen LogP contribution in [0, 0.1) is 0 Å². The van der Waals surface area contributed by atoms with E-state index in [1.54, 1.807) is 0 Å². The van der Waals surface area contributed by atoms with Crippen molar-refractivity contribution in [3.63, 3.8) is 0 Å². The van der Waals surface area contributed by atoms with Gasteiger partial charge in [-0.2, -0.15) is 0 Å². The highest BCUT2D eigenvalue weighted by Gasteiger charge is 2.18. The molecule has 2 aromatic rings. The minimum absolute atomic E-state index is 0.116. The molecule has 3 rings (SSSR count). The summed E-state index contributed by atoms with van der Waals surface area (Å²) in [7, 11) is 1.94. The Bertz CT molecular complexity index is 786. The smallest absolute Gasteiger partial charge is 0.220 e. The van der Waals surface area contributed by atoms with Gasteiger partial charge in [0.2, 0.25) is 5.91 Å². The molecule has 0 fully saturated rings. The molecule has 2 aromatic carbocycles. The number of carbonyl (C=O) groups is 1. The summed E-state index contributed by atoms with van der Waals surface area (Å²) >= 11 is 3.57. The molecule has 3 nitrogen and oxygen atoms in total. The van der Waals surface area contributed by atoms with Crippen molar-refractivity contribution in [2.45, 2.75) is 38.1 Å². The molecule has 0 saturated carbocycles. The van der Waals surface area contributed by atoms with Gasteiger partial charge in [0.25, 0.3) is 0 Å². The molecule has 0 spiro atoms. The number of halogens is 1. The first kappa shape index (κ1) is 18.7. The molecule has 0 bridgehead atoms. The summed E-state index contributed by atoms with van der Waals surface area (Å²) in [5.74, 6) is 0.124. The maximum Gasteiger partial charge on any atom is 0.220 e. The van der Waals surface area contributed by atoms with Crippen LogP contribution in [0.2, 0.25) is 0 Å². The van der Waals surface area contributed by atoms with E-state index in [0.29, 0.717) is 6.42 Å². The fraction of sp³-hybridized carbons (Fsp3) is 0.318. The van der Waals surface area contributed by atoms with Gasteiger partial charge in [0.05, 0.1) is 0 Å². The molecule has 0 saturated heterocycles. The number of carbonyl (C=O) groups excluding carboxylic acids is 1. The maximum absolute atomic E-state index is 12.3. The van der Waals surface area contributed by atoms with Crippen molar-refractivity contribution in [3.8, 4) is 0 Å². The summed E-state index contributed by atoms with van der Waals surface area (Å²) in [6, 6.07) is 16.6. The summed E-state index contributed by atoms with van der Waals surface area (Å²) in [6.07, 6.45) is 6.68. The van der Waals surface area contributed by atoms with Crippen LogP contribution in [0.25, 0.3) is 5.57 Å². The number of anilines is 1. The first-order chi connectivity index (χ1) is 12.7. The normalized spacial score (nSPS) is 16.7. The number of hydrogen-bond acceptors (Lipinski definition) is 2. The van der Waals surface area contributed by atoms with Crippen molar-refractivity contribution in [2.75, 3.05) is 12.4 Å². The Morgan fingerprint density at radius 2 is 2.00 bits per heavy atom. The Hall–Kier alpha value is -2.07. The van der Waals surface area contributed by atoms with E-state index in [2.05, 4.69) is 56.9 Å². The Morgan fingerprint density at radius 1 is 1.19 bits per heavy atom. The van der Waals surface area contributed by atoms with E-state index in [-0.39, 0.29) is 11.9 Å². The number of benzene rings is 2. The van der Waals surface area contributed by atoms with Crippen LogP contribution in [0.4, 0.5) is 5.69 Å². The van der Waals surface area contributed by atoms with Crippen molar-refractivity contribution >= 4 is 33.1 Å². The molecule has 1 aliphatic rings.